The molecule has 0 spiro atoms. The molecule has 0 radical (unpaired) electrons. The highest BCUT2D eigenvalue weighted by molar-refractivity contribution is 14.1. The van der Waals surface area contributed by atoms with Gasteiger partial charge in [0.1, 0.15) is 0 Å². The maximum Gasteiger partial charge on any atom is 0.0276 e. The summed E-state index contributed by atoms with van der Waals surface area (Å²) in [6, 6.07) is 0. The summed E-state index contributed by atoms with van der Waals surface area (Å²) in [5, 5.41) is 0. The van der Waals surface area contributed by atoms with Crippen LogP contribution < -0.4 is 0 Å². The van der Waals surface area contributed by atoms with Crippen LogP contribution in [-0.4, -0.2) is 4.43 Å². The molecule has 0 N–H and O–H groups in total. The summed E-state index contributed by atoms with van der Waals surface area (Å²) in [4.78, 5) is 0. The second-order valence-corrected chi connectivity index (χ2v) is 2.44. The molecular formula is C6H11I. The molecule has 1 heteroatoms. The number of halogens is 1. The molecule has 0 amide bonds. The average molecular weight is 213 g/mol. The Kier molecular flexibility index (Phi) is 2.30. The summed E-state index contributed by atoms with van der Waals surface area (Å²) >= 11 is 2.22. The van der Waals surface area contributed by atoms with Crippen molar-refractivity contribution in [3.63, 3.8) is 0 Å². The van der Waals surface area contributed by atoms with Crippen LogP contribution in [0.2, 0.25) is 0 Å². The van der Waals surface area contributed by atoms with Crippen LogP contribution in [0.25, 0.3) is 0 Å². The van der Waals surface area contributed by atoms with E-state index >= 15 is 0 Å². The SMILES string of the molecule is [2H]C([2H])([2H])C(C)=CCCI. The van der Waals surface area contributed by atoms with Crippen molar-refractivity contribution in [2.24, 2.45) is 0 Å². The third-order valence-corrected chi connectivity index (χ3v) is 1.18. The molecule has 0 nitrogen and oxygen atoms in total. The van der Waals surface area contributed by atoms with Gasteiger partial charge in [0.15, 0.2) is 0 Å². The fourth-order valence-corrected chi connectivity index (χ4v) is 0.582. The number of rotatable bonds is 2. The molecule has 0 aliphatic rings. The lowest BCUT2D eigenvalue weighted by Crippen LogP contribution is -1.67. The van der Waals surface area contributed by atoms with Gasteiger partial charge < -0.3 is 0 Å². The zero-order chi connectivity index (χ0) is 8.20. The van der Waals surface area contributed by atoms with Gasteiger partial charge in [0.2, 0.25) is 0 Å². The van der Waals surface area contributed by atoms with E-state index in [2.05, 4.69) is 22.6 Å². The Morgan fingerprint density at radius 1 is 2.00 bits per heavy atom. The minimum atomic E-state index is -1.88. The third kappa shape index (κ3) is 6.47. The van der Waals surface area contributed by atoms with E-state index in [4.69, 9.17) is 4.11 Å². The Labute approximate surface area is 63.4 Å². The third-order valence-electron chi connectivity index (χ3n) is 0.560. The lowest BCUT2D eigenvalue weighted by atomic mass is 10.3. The van der Waals surface area contributed by atoms with Gasteiger partial charge in [0, 0.05) is 8.54 Å². The molecule has 0 rings (SSSR count). The molecule has 7 heavy (non-hydrogen) atoms. The smallest absolute Gasteiger partial charge is 0.0276 e. The van der Waals surface area contributed by atoms with E-state index in [0.29, 0.717) is 5.57 Å². The second-order valence-electron chi connectivity index (χ2n) is 1.36. The summed E-state index contributed by atoms with van der Waals surface area (Å²) in [6.07, 6.45) is 2.63. The Morgan fingerprint density at radius 2 is 2.71 bits per heavy atom. The zero-order valence-electron chi connectivity index (χ0n) is 7.37. The van der Waals surface area contributed by atoms with Crippen molar-refractivity contribution in [3.8, 4) is 0 Å². The standard InChI is InChI=1S/C6H11I/c1-6(2)4-3-5-7/h4H,3,5H2,1-2H3/i1D3. The predicted octanol–water partition coefficient (Wildman–Crippen LogP) is 2.78. The minimum Gasteiger partial charge on any atom is -0.0860 e. The van der Waals surface area contributed by atoms with Crippen molar-refractivity contribution in [1.82, 2.24) is 0 Å². The monoisotopic (exact) mass is 213 g/mol. The van der Waals surface area contributed by atoms with E-state index in [9.17, 15) is 0 Å². The zero-order valence-corrected chi connectivity index (χ0v) is 6.53. The summed E-state index contributed by atoms with van der Waals surface area (Å²) in [5.41, 5.74) is 0.504. The van der Waals surface area contributed by atoms with Gasteiger partial charge in [0.25, 0.3) is 0 Å². The maximum atomic E-state index is 6.98. The first-order valence-electron chi connectivity index (χ1n) is 3.71. The topological polar surface area (TPSA) is 0 Å². The second kappa shape index (κ2) is 4.62. The van der Waals surface area contributed by atoms with Crippen molar-refractivity contribution in [3.05, 3.63) is 11.6 Å². The van der Waals surface area contributed by atoms with Gasteiger partial charge in [-0.1, -0.05) is 34.2 Å². The van der Waals surface area contributed by atoms with Gasteiger partial charge in [-0.2, -0.15) is 0 Å². The molecule has 0 bridgehead atoms. The van der Waals surface area contributed by atoms with Crippen LogP contribution in [0.3, 0.4) is 0 Å². The van der Waals surface area contributed by atoms with Crippen molar-refractivity contribution in [2.45, 2.75) is 20.2 Å². The molecule has 0 aromatic rings. The first-order valence-corrected chi connectivity index (χ1v) is 3.74. The Balaban J connectivity index is 3.93. The fraction of sp³-hybridized carbons (Fsp3) is 0.667. The van der Waals surface area contributed by atoms with Crippen molar-refractivity contribution in [2.75, 3.05) is 4.43 Å². The van der Waals surface area contributed by atoms with Gasteiger partial charge in [-0.05, 0) is 20.2 Å². The van der Waals surface area contributed by atoms with Gasteiger partial charge >= 0.3 is 0 Å². The van der Waals surface area contributed by atoms with Gasteiger partial charge in [-0.3, -0.25) is 0 Å². The number of alkyl halides is 1. The molecule has 0 aromatic carbocycles. The normalized spacial score (nSPS) is 20.3. The van der Waals surface area contributed by atoms with E-state index in [0.717, 1.165) is 10.8 Å². The lowest BCUT2D eigenvalue weighted by molar-refractivity contribution is 1.21. The molecule has 0 fully saturated rings. The van der Waals surface area contributed by atoms with Gasteiger partial charge in [-0.25, -0.2) is 0 Å². The molecule has 0 saturated carbocycles. The molecule has 0 heterocycles. The minimum absolute atomic E-state index is 0.504. The van der Waals surface area contributed by atoms with E-state index < -0.39 is 6.85 Å². The predicted molar refractivity (Wildman–Crippen MR) is 42.9 cm³/mol. The highest BCUT2D eigenvalue weighted by Crippen LogP contribution is 1.94. The van der Waals surface area contributed by atoms with Crippen LogP contribution in [-0.2, 0) is 0 Å². The number of hydrogen-bond donors (Lipinski definition) is 0. The van der Waals surface area contributed by atoms with Crippen LogP contribution >= 0.6 is 22.6 Å². The van der Waals surface area contributed by atoms with Crippen LogP contribution in [0.15, 0.2) is 11.6 Å². The largest absolute Gasteiger partial charge is 0.0860 e. The van der Waals surface area contributed by atoms with Crippen LogP contribution in [0.4, 0.5) is 0 Å². The van der Waals surface area contributed by atoms with E-state index in [-0.39, 0.29) is 0 Å². The molecule has 0 saturated heterocycles. The maximum absolute atomic E-state index is 6.98. The quantitative estimate of drug-likeness (QED) is 0.376. The summed E-state index contributed by atoms with van der Waals surface area (Å²) < 4.78 is 21.9. The van der Waals surface area contributed by atoms with Crippen molar-refractivity contribution < 1.29 is 4.11 Å². The van der Waals surface area contributed by atoms with Crippen molar-refractivity contribution >= 4 is 22.6 Å². The summed E-state index contributed by atoms with van der Waals surface area (Å²) in [5.74, 6) is 0. The molecule has 0 aromatic heterocycles. The Hall–Kier alpha value is 0.470. The molecule has 0 atom stereocenters. The highest BCUT2D eigenvalue weighted by atomic mass is 127. The number of allylic oxidation sites excluding steroid dienone is 2. The Bertz CT molecular complexity index is 125. The van der Waals surface area contributed by atoms with Gasteiger partial charge in [0.05, 0.1) is 0 Å². The van der Waals surface area contributed by atoms with E-state index in [1.165, 1.54) is 0 Å². The molecule has 42 valence electrons. The molecule has 0 aliphatic heterocycles. The molecule has 0 aliphatic carbocycles. The van der Waals surface area contributed by atoms with Gasteiger partial charge in [-0.15, -0.1) is 0 Å². The van der Waals surface area contributed by atoms with Crippen molar-refractivity contribution in [1.29, 1.82) is 0 Å². The number of hydrogen-bond acceptors (Lipinski definition) is 0. The molecule has 0 unspecified atom stereocenters. The first-order chi connectivity index (χ1) is 4.48. The lowest BCUT2D eigenvalue weighted by Gasteiger charge is -1.84. The van der Waals surface area contributed by atoms with E-state index in [1.54, 1.807) is 13.0 Å². The molecular weight excluding hydrogens is 199 g/mol. The van der Waals surface area contributed by atoms with Crippen LogP contribution in [0.1, 0.15) is 24.3 Å². The van der Waals surface area contributed by atoms with Crippen LogP contribution in [0, 0.1) is 0 Å². The average Bonchev–Trinajstić information content (AvgIpc) is 1.80. The van der Waals surface area contributed by atoms with E-state index in [1.807, 2.05) is 0 Å². The highest BCUT2D eigenvalue weighted by Gasteiger charge is 1.74. The summed E-state index contributed by atoms with van der Waals surface area (Å²) in [6.45, 7) is -0.231. The van der Waals surface area contributed by atoms with Crippen LogP contribution in [0.5, 0.6) is 0 Å². The first kappa shape index (κ1) is 3.49. The summed E-state index contributed by atoms with van der Waals surface area (Å²) in [7, 11) is 0. The Morgan fingerprint density at radius 3 is 3.14 bits per heavy atom. The fourth-order valence-electron chi connectivity index (χ4n) is 0.271.